The summed E-state index contributed by atoms with van der Waals surface area (Å²) in [5.41, 5.74) is 6.79. The van der Waals surface area contributed by atoms with E-state index in [1.807, 2.05) is 35.2 Å². The number of carbonyl (C=O) groups excluding carboxylic acids is 1. The summed E-state index contributed by atoms with van der Waals surface area (Å²) in [7, 11) is 0. The number of nitrogens with zero attached hydrogens (tertiary/aromatic N) is 1. The Balaban J connectivity index is 2.08. The molecule has 1 fully saturated rings. The van der Waals surface area contributed by atoms with E-state index in [0.717, 1.165) is 24.9 Å². The van der Waals surface area contributed by atoms with Crippen molar-refractivity contribution in [3.8, 4) is 0 Å². The van der Waals surface area contributed by atoms with Gasteiger partial charge < -0.3 is 10.6 Å². The van der Waals surface area contributed by atoms with E-state index in [9.17, 15) is 4.79 Å². The van der Waals surface area contributed by atoms with E-state index in [1.165, 1.54) is 6.42 Å². The lowest BCUT2D eigenvalue weighted by molar-refractivity contribution is -0.138. The zero-order valence-corrected chi connectivity index (χ0v) is 11.1. The van der Waals surface area contributed by atoms with E-state index < -0.39 is 0 Å². The van der Waals surface area contributed by atoms with Gasteiger partial charge in [0.15, 0.2) is 0 Å². The number of nitrogens with two attached hydrogens (primary N) is 1. The molecule has 1 amide bonds. The van der Waals surface area contributed by atoms with Crippen LogP contribution >= 0.6 is 0 Å². The average molecular weight is 246 g/mol. The van der Waals surface area contributed by atoms with Gasteiger partial charge in [-0.05, 0) is 31.7 Å². The quantitative estimate of drug-likeness (QED) is 0.886. The lowest BCUT2D eigenvalue weighted by Gasteiger charge is -2.44. The molecule has 0 bridgehead atoms. The van der Waals surface area contributed by atoms with Crippen LogP contribution < -0.4 is 5.73 Å². The Morgan fingerprint density at radius 2 is 2.06 bits per heavy atom. The number of piperidine rings is 1. The lowest BCUT2D eigenvalue weighted by atomic mass is 9.88. The first-order chi connectivity index (χ1) is 8.65. The van der Waals surface area contributed by atoms with Gasteiger partial charge in [-0.1, -0.05) is 30.3 Å². The smallest absolute Gasteiger partial charge is 0.227 e. The molecule has 2 N–H and O–H groups in total. The topological polar surface area (TPSA) is 46.3 Å². The van der Waals surface area contributed by atoms with Crippen molar-refractivity contribution in [2.45, 2.75) is 38.1 Å². The van der Waals surface area contributed by atoms with Gasteiger partial charge in [0.05, 0.1) is 12.0 Å². The molecule has 1 aromatic rings. The van der Waals surface area contributed by atoms with E-state index >= 15 is 0 Å². The molecular weight excluding hydrogens is 224 g/mol. The summed E-state index contributed by atoms with van der Waals surface area (Å²) in [5.74, 6) is 0.203. The van der Waals surface area contributed by atoms with E-state index in [2.05, 4.69) is 6.92 Å². The van der Waals surface area contributed by atoms with E-state index in [0.29, 0.717) is 13.0 Å². The molecule has 1 aromatic carbocycles. The van der Waals surface area contributed by atoms with Gasteiger partial charge in [-0.25, -0.2) is 0 Å². The Labute approximate surface area is 109 Å². The van der Waals surface area contributed by atoms with Crippen LogP contribution in [0.4, 0.5) is 0 Å². The van der Waals surface area contributed by atoms with Crippen LogP contribution in [0.15, 0.2) is 30.3 Å². The van der Waals surface area contributed by atoms with Gasteiger partial charge in [0.25, 0.3) is 0 Å². The first-order valence-electron chi connectivity index (χ1n) is 6.70. The highest BCUT2D eigenvalue weighted by Crippen LogP contribution is 2.27. The highest BCUT2D eigenvalue weighted by molar-refractivity contribution is 5.79. The molecule has 0 radical (unpaired) electrons. The van der Waals surface area contributed by atoms with Crippen molar-refractivity contribution >= 4 is 5.91 Å². The van der Waals surface area contributed by atoms with Gasteiger partial charge in [-0.3, -0.25) is 4.79 Å². The molecular formula is C15H22N2O. The number of hydrogen-bond donors (Lipinski definition) is 1. The van der Waals surface area contributed by atoms with Gasteiger partial charge in [0, 0.05) is 13.1 Å². The first-order valence-corrected chi connectivity index (χ1v) is 6.70. The molecule has 1 aliphatic rings. The summed E-state index contributed by atoms with van der Waals surface area (Å²) in [5, 5.41) is 0. The molecule has 3 heteroatoms. The normalized spacial score (nSPS) is 24.0. The lowest BCUT2D eigenvalue weighted by Crippen LogP contribution is -2.57. The van der Waals surface area contributed by atoms with Crippen LogP contribution in [-0.4, -0.2) is 29.4 Å². The number of benzene rings is 1. The van der Waals surface area contributed by atoms with Crippen LogP contribution in [-0.2, 0) is 11.2 Å². The van der Waals surface area contributed by atoms with Gasteiger partial charge in [-0.15, -0.1) is 0 Å². The predicted molar refractivity (Wildman–Crippen MR) is 73.2 cm³/mol. The summed E-state index contributed by atoms with van der Waals surface area (Å²) in [6.45, 7) is 3.50. The molecule has 98 valence electrons. The Morgan fingerprint density at radius 1 is 1.33 bits per heavy atom. The number of rotatable bonds is 3. The fourth-order valence-electron chi connectivity index (χ4n) is 2.68. The van der Waals surface area contributed by atoms with Crippen LogP contribution in [0, 0.1) is 0 Å². The van der Waals surface area contributed by atoms with Crippen LogP contribution in [0.5, 0.6) is 0 Å². The fourth-order valence-corrected chi connectivity index (χ4v) is 2.68. The van der Waals surface area contributed by atoms with Gasteiger partial charge in [0.1, 0.15) is 0 Å². The van der Waals surface area contributed by atoms with Crippen LogP contribution in [0.2, 0.25) is 0 Å². The number of hydrogen-bond acceptors (Lipinski definition) is 2. The number of likely N-dealkylation sites (tertiary alicyclic amines) is 1. The van der Waals surface area contributed by atoms with Crippen molar-refractivity contribution < 1.29 is 4.79 Å². The molecule has 1 heterocycles. The van der Waals surface area contributed by atoms with Gasteiger partial charge in [-0.2, -0.15) is 0 Å². The van der Waals surface area contributed by atoms with E-state index in [-0.39, 0.29) is 11.4 Å². The van der Waals surface area contributed by atoms with Crippen LogP contribution in [0.3, 0.4) is 0 Å². The third-order valence-electron chi connectivity index (χ3n) is 3.94. The van der Waals surface area contributed by atoms with Crippen molar-refractivity contribution in [1.29, 1.82) is 0 Å². The number of amides is 1. The molecule has 0 saturated carbocycles. The summed E-state index contributed by atoms with van der Waals surface area (Å²) >= 11 is 0. The Bertz CT molecular complexity index is 404. The highest BCUT2D eigenvalue weighted by Gasteiger charge is 2.35. The SMILES string of the molecule is CC1(CN)CCCCN1C(=O)Cc1ccccc1. The zero-order chi connectivity index (χ0) is 13.0. The third kappa shape index (κ3) is 2.72. The minimum atomic E-state index is -0.149. The van der Waals surface area contributed by atoms with Crippen molar-refractivity contribution in [2.24, 2.45) is 5.73 Å². The maximum absolute atomic E-state index is 12.4. The molecule has 1 aliphatic heterocycles. The summed E-state index contributed by atoms with van der Waals surface area (Å²) in [6, 6.07) is 9.92. The highest BCUT2D eigenvalue weighted by atomic mass is 16.2. The van der Waals surface area contributed by atoms with Gasteiger partial charge in [0.2, 0.25) is 5.91 Å². The van der Waals surface area contributed by atoms with Crippen molar-refractivity contribution in [2.75, 3.05) is 13.1 Å². The molecule has 0 aliphatic carbocycles. The molecule has 1 saturated heterocycles. The largest absolute Gasteiger partial charge is 0.336 e. The maximum Gasteiger partial charge on any atom is 0.227 e. The Kier molecular flexibility index (Phi) is 4.02. The third-order valence-corrected chi connectivity index (χ3v) is 3.94. The van der Waals surface area contributed by atoms with E-state index in [1.54, 1.807) is 0 Å². The van der Waals surface area contributed by atoms with Crippen molar-refractivity contribution in [1.82, 2.24) is 4.90 Å². The van der Waals surface area contributed by atoms with Crippen molar-refractivity contribution in [3.05, 3.63) is 35.9 Å². The monoisotopic (exact) mass is 246 g/mol. The Morgan fingerprint density at radius 3 is 2.72 bits per heavy atom. The van der Waals surface area contributed by atoms with Crippen LogP contribution in [0.25, 0.3) is 0 Å². The van der Waals surface area contributed by atoms with E-state index in [4.69, 9.17) is 5.73 Å². The Hall–Kier alpha value is -1.35. The molecule has 18 heavy (non-hydrogen) atoms. The minimum Gasteiger partial charge on any atom is -0.336 e. The molecule has 1 atom stereocenters. The number of carbonyl (C=O) groups is 1. The second-order valence-corrected chi connectivity index (χ2v) is 5.37. The minimum absolute atomic E-state index is 0.149. The van der Waals surface area contributed by atoms with Crippen LogP contribution in [0.1, 0.15) is 31.7 Å². The predicted octanol–water partition coefficient (Wildman–Crippen LogP) is 1.96. The summed E-state index contributed by atoms with van der Waals surface area (Å²) < 4.78 is 0. The molecule has 3 nitrogen and oxygen atoms in total. The van der Waals surface area contributed by atoms with Crippen molar-refractivity contribution in [3.63, 3.8) is 0 Å². The fraction of sp³-hybridized carbons (Fsp3) is 0.533. The molecule has 0 spiro atoms. The second-order valence-electron chi connectivity index (χ2n) is 5.37. The summed E-state index contributed by atoms with van der Waals surface area (Å²) in [4.78, 5) is 14.4. The standard InChI is InChI=1S/C15H22N2O/c1-15(12-16)9-5-6-10-17(15)14(18)11-13-7-3-2-4-8-13/h2-4,7-8H,5-6,9-12,16H2,1H3. The average Bonchev–Trinajstić information content (AvgIpc) is 2.40. The first kappa shape index (κ1) is 13.1. The molecule has 2 rings (SSSR count). The maximum atomic E-state index is 12.4. The summed E-state index contributed by atoms with van der Waals surface area (Å²) in [6.07, 6.45) is 3.76. The second kappa shape index (κ2) is 5.53. The van der Waals surface area contributed by atoms with Gasteiger partial charge >= 0.3 is 0 Å². The molecule has 1 unspecified atom stereocenters. The zero-order valence-electron chi connectivity index (χ0n) is 11.1. The molecule has 0 aromatic heterocycles.